The minimum Gasteiger partial charge on any atom is -0.494 e. The number of carbonyl (C=O) groups excluding carboxylic acids is 8. The van der Waals surface area contributed by atoms with Crippen LogP contribution in [0.4, 0.5) is 22.4 Å². The highest BCUT2D eigenvalue weighted by molar-refractivity contribution is 6.09. The number of aliphatic hydroxyl groups excluding tert-OH is 3. The van der Waals surface area contributed by atoms with Crippen molar-refractivity contribution in [2.24, 2.45) is 11.5 Å². The number of aryl methyl sites for hydroxylation is 4. The van der Waals surface area contributed by atoms with Crippen molar-refractivity contribution in [3.05, 3.63) is 178 Å². The third-order valence-corrected chi connectivity index (χ3v) is 22.3. The molecule has 125 heavy (non-hydrogen) atoms. The largest absolute Gasteiger partial charge is 0.494 e. The fraction of sp³-hybridized carbons (Fsp3) is 0.369. The summed E-state index contributed by atoms with van der Waals surface area (Å²) in [5.74, 6) is -3.55. The molecule has 2 saturated heterocycles. The highest BCUT2D eigenvalue weighted by Gasteiger charge is 2.48. The normalized spacial score (nSPS) is 17.1. The van der Waals surface area contributed by atoms with Gasteiger partial charge < -0.3 is 89.7 Å². The summed E-state index contributed by atoms with van der Waals surface area (Å²) in [4.78, 5) is 135. The highest BCUT2D eigenvalue weighted by atomic mass is 16.7. The smallest absolute Gasteiger partial charge is 0.410 e. The first kappa shape index (κ1) is 85.7. The number of nitrogens with one attached hydrogen (secondary N) is 5. The number of carboxylic acid groups (broad SMARTS) is 1. The van der Waals surface area contributed by atoms with Crippen molar-refractivity contribution < 1.29 is 87.3 Å². The molecule has 0 radical (unpaired) electrons. The van der Waals surface area contributed by atoms with E-state index in [0.29, 0.717) is 111 Å². The number of hydrogen-bond acceptors (Lipinski definition) is 26. The number of methoxy groups -OCH3 is 1. The van der Waals surface area contributed by atoms with Gasteiger partial charge in [0.25, 0.3) is 11.8 Å². The molecular weight excluding hydrogens is 1620 g/mol. The predicted octanol–water partition coefficient (Wildman–Crippen LogP) is 4.58. The van der Waals surface area contributed by atoms with Crippen molar-refractivity contribution in [2.75, 3.05) is 62.0 Å². The zero-order chi connectivity index (χ0) is 88.0. The number of aliphatic carboxylic acids is 1. The minimum absolute atomic E-state index is 0.0473. The van der Waals surface area contributed by atoms with E-state index in [4.69, 9.17) is 45.1 Å². The van der Waals surface area contributed by atoms with E-state index < -0.39 is 90.5 Å². The number of benzene rings is 5. The average Bonchev–Trinajstić information content (AvgIpc) is 1.71. The standard InChI is InChI=1S/C84H93N23O18/c1-6-106-58(33-45(3)97-106)78(116)91-82-89-55-36-50(75(85)114)38-61(121-5)69(55)103(82)26-12-13-27-104-70-56(90-83(104)92-79(117)59-34-46(4)98-107(59)7-2)37-51(76(86)115)39-62(70)122-32-14-25-100-28-22-48(23-29-100)77-96-93-63-43-101(30-31-102(63)77)84(120)123-44-47-19-20-60(124-81-73(113)71(111)72(112)74(125-81)80(118)119)52(35-47)41-88-64(108)21-24-87-65(109)40-66(110)105-42-49-15-8-9-16-53(49)67-68(95-99-94-67)54-17-10-11-18-57(54)105/h8-13,15-20,33-39,48,71-74,81,111-113H,6-7,14,21-32,40-44H2,1-5H3,(H2,85,114)(H2,86,115)(H,87,109)(H,88,108)(H,118,119)(H,89,91,116)(H,90,92,117)(H,94,95,99)/b13-12+/t71-,72-,73+,74-,81+/m0/s1. The van der Waals surface area contributed by atoms with E-state index >= 15 is 0 Å². The quantitative estimate of drug-likeness (QED) is 0.0161. The molecule has 0 bridgehead atoms. The van der Waals surface area contributed by atoms with Gasteiger partial charge in [0.05, 0.1) is 60.6 Å². The number of primary amides is 2. The number of aromatic nitrogens is 14. The maximum absolute atomic E-state index is 14.2. The molecule has 5 atom stereocenters. The van der Waals surface area contributed by atoms with Gasteiger partial charge in [0, 0.05) is 99.1 Å². The lowest BCUT2D eigenvalue weighted by Gasteiger charge is -2.38. The summed E-state index contributed by atoms with van der Waals surface area (Å²) in [6, 6.07) is 28.6. The number of nitrogens with two attached hydrogens (primary N) is 2. The van der Waals surface area contributed by atoms with Crippen molar-refractivity contribution in [1.82, 2.24) is 89.3 Å². The van der Waals surface area contributed by atoms with Crippen LogP contribution < -0.4 is 51.8 Å². The number of piperidine rings is 1. The lowest BCUT2D eigenvalue weighted by Crippen LogP contribution is -2.61. The number of allylic oxidation sites excluding steroid dienone is 2. The SMILES string of the molecule is CCn1nc(C)cc1C(=O)Nc1nc2cc(C(N)=O)cc(OC)c2n1C/C=C/Cn1c(NC(=O)c2cc(C)nn2CC)nc2cc(C(N)=O)cc(OCCCN3CCC(c4nnc5n4CCN(C(=O)OCc4ccc(O[C@@H]6O[C@H](C(=O)O)[C@@H](O)[C@H](O)[C@H]6O)c(CNC(=O)CCNC(=O)CC(=O)N6Cc7ccccc7-c7nn[nH]c7-c7ccccc76)c4)C5)CC3)c21. The Morgan fingerprint density at radius 1 is 0.680 bits per heavy atom. The first-order valence-corrected chi connectivity index (χ1v) is 40.7. The predicted molar refractivity (Wildman–Crippen MR) is 446 cm³/mol. The number of H-pyrrole nitrogens is 1. The second-order valence-corrected chi connectivity index (χ2v) is 30.5. The van der Waals surface area contributed by atoms with Crippen molar-refractivity contribution >= 4 is 93.1 Å². The summed E-state index contributed by atoms with van der Waals surface area (Å²) in [5, 5.41) is 82.3. The third kappa shape index (κ3) is 18.4. The summed E-state index contributed by atoms with van der Waals surface area (Å²) in [7, 11) is 1.44. The van der Waals surface area contributed by atoms with Gasteiger partial charge in [-0.2, -0.15) is 10.2 Å². The first-order chi connectivity index (χ1) is 60.3. The van der Waals surface area contributed by atoms with E-state index in [2.05, 4.69) is 62.0 Å². The Bertz CT molecular complexity index is 6010. The monoisotopic (exact) mass is 1710 g/mol. The van der Waals surface area contributed by atoms with Gasteiger partial charge in [-0.3, -0.25) is 63.6 Å². The second kappa shape index (κ2) is 37.2. The maximum Gasteiger partial charge on any atom is 0.410 e. The lowest BCUT2D eigenvalue weighted by atomic mass is 9.95. The van der Waals surface area contributed by atoms with Crippen LogP contribution in [0.25, 0.3) is 44.6 Å². The number of likely N-dealkylation sites (tertiary alicyclic amines) is 1. The topological polar surface area (TPSA) is 534 Å². The molecule has 13 N–H and O–H groups in total. The second-order valence-electron chi connectivity index (χ2n) is 30.5. The summed E-state index contributed by atoms with van der Waals surface area (Å²) in [5.41, 5.74) is 19.9. The minimum atomic E-state index is -2.00. The van der Waals surface area contributed by atoms with Crippen LogP contribution in [0.1, 0.15) is 133 Å². The molecule has 4 aliphatic heterocycles. The Kier molecular flexibility index (Phi) is 25.5. The lowest BCUT2D eigenvalue weighted by molar-refractivity contribution is -0.271. The summed E-state index contributed by atoms with van der Waals surface area (Å²) in [6.07, 6.45) is -5.45. The van der Waals surface area contributed by atoms with Gasteiger partial charge in [0.1, 0.15) is 82.5 Å². The summed E-state index contributed by atoms with van der Waals surface area (Å²) in [6.45, 7) is 10.8. The third-order valence-electron chi connectivity index (χ3n) is 22.3. The van der Waals surface area contributed by atoms with Crippen molar-refractivity contribution in [3.63, 3.8) is 0 Å². The van der Waals surface area contributed by atoms with E-state index in [1.807, 2.05) is 67.0 Å². The van der Waals surface area contributed by atoms with Crippen LogP contribution in [0, 0.1) is 13.8 Å². The molecule has 652 valence electrons. The molecule has 0 unspecified atom stereocenters. The number of anilines is 3. The van der Waals surface area contributed by atoms with Gasteiger partial charge in [-0.15, -0.1) is 15.3 Å². The molecule has 41 nitrogen and oxygen atoms in total. The van der Waals surface area contributed by atoms with Crippen LogP contribution >= 0.6 is 0 Å². The van der Waals surface area contributed by atoms with E-state index in [9.17, 15) is 63.6 Å². The van der Waals surface area contributed by atoms with Crippen LogP contribution in [0.15, 0.2) is 115 Å². The summed E-state index contributed by atoms with van der Waals surface area (Å²) < 4.78 is 38.2. The van der Waals surface area contributed by atoms with Crippen LogP contribution in [0.3, 0.4) is 0 Å². The number of ether oxygens (including phenoxy) is 5. The van der Waals surface area contributed by atoms with Gasteiger partial charge in [0.2, 0.25) is 47.7 Å². The fourth-order valence-electron chi connectivity index (χ4n) is 16.0. The van der Waals surface area contributed by atoms with E-state index in [0.717, 1.165) is 42.9 Å². The molecule has 11 aromatic rings. The van der Waals surface area contributed by atoms with Crippen molar-refractivity contribution in [1.29, 1.82) is 0 Å². The number of aliphatic hydroxyl groups is 3. The highest BCUT2D eigenvalue weighted by Crippen LogP contribution is 2.41. The Labute approximate surface area is 712 Å². The van der Waals surface area contributed by atoms with Crippen LogP contribution in [-0.4, -0.2) is 230 Å². The molecule has 8 amide bonds. The number of amides is 8. The van der Waals surface area contributed by atoms with Crippen molar-refractivity contribution in [3.8, 4) is 39.8 Å². The molecule has 4 aliphatic rings. The van der Waals surface area contributed by atoms with Crippen molar-refractivity contribution in [2.45, 2.75) is 155 Å². The van der Waals surface area contributed by atoms with Gasteiger partial charge >= 0.3 is 12.1 Å². The number of aromatic amines is 1. The van der Waals surface area contributed by atoms with E-state index in [1.54, 1.807) is 62.7 Å². The molecule has 5 aromatic carbocycles. The number of nitrogens with zero attached hydrogens (tertiary/aromatic N) is 16. The van der Waals surface area contributed by atoms with Gasteiger partial charge in [-0.25, -0.2) is 19.6 Å². The zero-order valence-electron chi connectivity index (χ0n) is 68.9. The summed E-state index contributed by atoms with van der Waals surface area (Å²) >= 11 is 0. The number of para-hydroxylation sites is 1. The van der Waals surface area contributed by atoms with Crippen LogP contribution in [0.5, 0.6) is 17.2 Å². The number of rotatable bonds is 31. The molecule has 15 rings (SSSR count). The molecule has 0 spiro atoms. The Morgan fingerprint density at radius 2 is 1.32 bits per heavy atom. The molecule has 10 heterocycles. The van der Waals surface area contributed by atoms with E-state index in [-0.39, 0.29) is 117 Å². The number of imidazole rings is 2. The molecule has 0 aliphatic carbocycles. The Balaban J connectivity index is 0.565. The molecule has 6 aromatic heterocycles. The maximum atomic E-state index is 14.2. The molecular formula is C84H93N23O18. The van der Waals surface area contributed by atoms with Gasteiger partial charge in [-0.05, 0) is 126 Å². The number of fused-ring (bicyclic) bond motifs is 8. The Hall–Kier alpha value is -14.3. The van der Waals surface area contributed by atoms with E-state index in [1.165, 1.54) is 53.3 Å². The van der Waals surface area contributed by atoms with Crippen LogP contribution in [0.2, 0.25) is 0 Å². The Morgan fingerprint density at radius 3 is 1.97 bits per heavy atom. The fourth-order valence-corrected chi connectivity index (χ4v) is 16.0. The van der Waals surface area contributed by atoms with Gasteiger partial charge in [-0.1, -0.05) is 65.9 Å². The number of hydrogen-bond donors (Lipinski definition) is 11. The first-order valence-electron chi connectivity index (χ1n) is 40.7. The number of carbonyl (C=O) groups is 9. The molecule has 0 saturated carbocycles. The van der Waals surface area contributed by atoms with Gasteiger partial charge in [0.15, 0.2) is 11.9 Å². The van der Waals surface area contributed by atoms with Crippen LogP contribution in [-0.2, 0) is 87.6 Å². The molecule has 41 heteroatoms. The number of carboxylic acids is 1. The average molecular weight is 1710 g/mol. The molecule has 2 fully saturated rings. The zero-order valence-corrected chi connectivity index (χ0v) is 68.9.